The van der Waals surface area contributed by atoms with E-state index in [0.717, 1.165) is 23.2 Å². The predicted molar refractivity (Wildman–Crippen MR) is 102 cm³/mol. The first-order chi connectivity index (χ1) is 12.5. The minimum absolute atomic E-state index is 0.306. The highest BCUT2D eigenvalue weighted by atomic mass is 16.5. The van der Waals surface area contributed by atoms with Gasteiger partial charge in [-0.3, -0.25) is 4.79 Å². The van der Waals surface area contributed by atoms with E-state index < -0.39 is 5.97 Å². The van der Waals surface area contributed by atoms with Crippen molar-refractivity contribution in [1.29, 1.82) is 0 Å². The second kappa shape index (κ2) is 9.04. The number of carbonyl (C=O) groups is 2. The molecule has 5 heteroatoms. The molecule has 0 saturated heterocycles. The molecule has 26 heavy (non-hydrogen) atoms. The minimum atomic E-state index is -0.587. The van der Waals surface area contributed by atoms with Crippen molar-refractivity contribution in [1.82, 2.24) is 0 Å². The number of rotatable bonds is 7. The number of esters is 1. The van der Waals surface area contributed by atoms with Crippen LogP contribution in [0, 0.1) is 6.92 Å². The highest BCUT2D eigenvalue weighted by Crippen LogP contribution is 2.26. The summed E-state index contributed by atoms with van der Waals surface area (Å²) in [6, 6.07) is 12.9. The summed E-state index contributed by atoms with van der Waals surface area (Å²) in [6.45, 7) is 5.72. The zero-order valence-corrected chi connectivity index (χ0v) is 15.7. The van der Waals surface area contributed by atoms with Gasteiger partial charge in [0.15, 0.2) is 6.61 Å². The Morgan fingerprint density at radius 1 is 1.15 bits per heavy atom. The number of methoxy groups -OCH3 is 1. The summed E-state index contributed by atoms with van der Waals surface area (Å²) in [7, 11) is 1.49. The van der Waals surface area contributed by atoms with E-state index in [1.54, 1.807) is 12.1 Å². The number of para-hydroxylation sites is 1. The van der Waals surface area contributed by atoms with Gasteiger partial charge in [0.2, 0.25) is 0 Å². The van der Waals surface area contributed by atoms with Crippen molar-refractivity contribution in [2.75, 3.05) is 19.0 Å². The third-order valence-corrected chi connectivity index (χ3v) is 4.29. The molecular formula is C21H25NO4. The Morgan fingerprint density at radius 2 is 1.88 bits per heavy atom. The topological polar surface area (TPSA) is 64.6 Å². The van der Waals surface area contributed by atoms with Gasteiger partial charge in [-0.1, -0.05) is 43.7 Å². The van der Waals surface area contributed by atoms with Crippen LogP contribution in [0.15, 0.2) is 42.5 Å². The number of ether oxygens (including phenoxy) is 2. The van der Waals surface area contributed by atoms with Crippen molar-refractivity contribution in [2.24, 2.45) is 0 Å². The molecule has 2 aromatic rings. The average molecular weight is 355 g/mol. The van der Waals surface area contributed by atoms with E-state index in [4.69, 9.17) is 9.47 Å². The molecule has 0 fully saturated rings. The molecule has 0 bridgehead atoms. The van der Waals surface area contributed by atoms with Crippen LogP contribution in [-0.4, -0.2) is 25.6 Å². The lowest BCUT2D eigenvalue weighted by atomic mass is 9.97. The molecule has 0 heterocycles. The normalized spacial score (nSPS) is 11.5. The molecule has 1 atom stereocenters. The minimum Gasteiger partial charge on any atom is -0.496 e. The molecule has 0 radical (unpaired) electrons. The van der Waals surface area contributed by atoms with Gasteiger partial charge in [-0.25, -0.2) is 4.79 Å². The summed E-state index contributed by atoms with van der Waals surface area (Å²) in [5, 5.41) is 2.83. The lowest BCUT2D eigenvalue weighted by molar-refractivity contribution is -0.119. The first-order valence-corrected chi connectivity index (χ1v) is 8.66. The van der Waals surface area contributed by atoms with Crippen molar-refractivity contribution in [3.8, 4) is 5.75 Å². The van der Waals surface area contributed by atoms with Crippen molar-refractivity contribution in [3.05, 3.63) is 59.2 Å². The first kappa shape index (κ1) is 19.5. The van der Waals surface area contributed by atoms with Crippen LogP contribution in [0.5, 0.6) is 5.75 Å². The van der Waals surface area contributed by atoms with Gasteiger partial charge in [0.1, 0.15) is 11.3 Å². The van der Waals surface area contributed by atoms with E-state index in [0.29, 0.717) is 17.2 Å². The number of anilines is 1. The van der Waals surface area contributed by atoms with Crippen molar-refractivity contribution in [2.45, 2.75) is 33.1 Å². The summed E-state index contributed by atoms with van der Waals surface area (Å²) in [5.41, 5.74) is 3.02. The van der Waals surface area contributed by atoms with Gasteiger partial charge in [0.25, 0.3) is 5.91 Å². The van der Waals surface area contributed by atoms with E-state index in [-0.39, 0.29) is 12.5 Å². The Morgan fingerprint density at radius 3 is 2.58 bits per heavy atom. The molecule has 2 rings (SSSR count). The molecular weight excluding hydrogens is 330 g/mol. The van der Waals surface area contributed by atoms with Crippen LogP contribution >= 0.6 is 0 Å². The molecule has 0 aliphatic rings. The lowest BCUT2D eigenvalue weighted by Crippen LogP contribution is -2.22. The molecule has 0 aliphatic heterocycles. The quantitative estimate of drug-likeness (QED) is 0.752. The van der Waals surface area contributed by atoms with Gasteiger partial charge in [0.05, 0.1) is 7.11 Å². The van der Waals surface area contributed by atoms with E-state index in [9.17, 15) is 9.59 Å². The van der Waals surface area contributed by atoms with E-state index in [1.165, 1.54) is 7.11 Å². The van der Waals surface area contributed by atoms with Gasteiger partial charge in [0, 0.05) is 5.69 Å². The highest BCUT2D eigenvalue weighted by Gasteiger charge is 2.16. The van der Waals surface area contributed by atoms with Gasteiger partial charge in [-0.15, -0.1) is 0 Å². The molecule has 138 valence electrons. The fourth-order valence-corrected chi connectivity index (χ4v) is 2.64. The predicted octanol–water partition coefficient (Wildman–Crippen LogP) is 4.31. The molecule has 0 aromatic heterocycles. The maximum absolute atomic E-state index is 12.3. The van der Waals surface area contributed by atoms with Gasteiger partial charge in [-0.05, 0) is 43.0 Å². The standard InChI is InChI=1S/C21H25NO4/c1-5-15(3)16-8-6-7-9-18(16)22-20(23)13-26-21(24)17-12-14(2)10-11-19(17)25-4/h6-12,15H,5,13H2,1-4H3,(H,22,23)/t15-/m1/s1. The third kappa shape index (κ3) is 4.85. The molecule has 2 aromatic carbocycles. The number of nitrogens with one attached hydrogen (secondary N) is 1. The Balaban J connectivity index is 2.02. The zero-order chi connectivity index (χ0) is 19.1. The highest BCUT2D eigenvalue weighted by molar-refractivity contribution is 5.97. The van der Waals surface area contributed by atoms with E-state index in [1.807, 2.05) is 37.3 Å². The fourth-order valence-electron chi connectivity index (χ4n) is 2.64. The number of benzene rings is 2. The second-order valence-electron chi connectivity index (χ2n) is 6.22. The molecule has 0 unspecified atom stereocenters. The fraction of sp³-hybridized carbons (Fsp3) is 0.333. The summed E-state index contributed by atoms with van der Waals surface area (Å²) < 4.78 is 10.3. The number of amides is 1. The van der Waals surface area contributed by atoms with E-state index in [2.05, 4.69) is 19.2 Å². The van der Waals surface area contributed by atoms with Crippen LogP contribution in [0.25, 0.3) is 0 Å². The van der Waals surface area contributed by atoms with Crippen LogP contribution in [0.1, 0.15) is 47.7 Å². The first-order valence-electron chi connectivity index (χ1n) is 8.66. The maximum atomic E-state index is 12.3. The Hall–Kier alpha value is -2.82. The number of hydrogen-bond donors (Lipinski definition) is 1. The van der Waals surface area contributed by atoms with Crippen molar-refractivity contribution in [3.63, 3.8) is 0 Å². The van der Waals surface area contributed by atoms with E-state index >= 15 is 0 Å². The molecule has 5 nitrogen and oxygen atoms in total. The van der Waals surface area contributed by atoms with Gasteiger partial charge < -0.3 is 14.8 Å². The summed E-state index contributed by atoms with van der Waals surface area (Å²) >= 11 is 0. The summed E-state index contributed by atoms with van der Waals surface area (Å²) in [6.07, 6.45) is 0.967. The summed E-state index contributed by atoms with van der Waals surface area (Å²) in [5.74, 6) is -0.217. The Labute approximate surface area is 154 Å². The van der Waals surface area contributed by atoms with Gasteiger partial charge >= 0.3 is 5.97 Å². The molecule has 0 aliphatic carbocycles. The Kier molecular flexibility index (Phi) is 6.78. The Bertz CT molecular complexity index is 785. The smallest absolute Gasteiger partial charge is 0.342 e. The molecule has 0 saturated carbocycles. The lowest BCUT2D eigenvalue weighted by Gasteiger charge is -2.15. The average Bonchev–Trinajstić information content (AvgIpc) is 2.65. The van der Waals surface area contributed by atoms with Crippen LogP contribution in [-0.2, 0) is 9.53 Å². The number of hydrogen-bond acceptors (Lipinski definition) is 4. The largest absolute Gasteiger partial charge is 0.496 e. The maximum Gasteiger partial charge on any atom is 0.342 e. The zero-order valence-electron chi connectivity index (χ0n) is 15.7. The van der Waals surface area contributed by atoms with Crippen molar-refractivity contribution < 1.29 is 19.1 Å². The number of aryl methyl sites for hydroxylation is 1. The third-order valence-electron chi connectivity index (χ3n) is 4.29. The molecule has 1 amide bonds. The van der Waals surface area contributed by atoms with Crippen LogP contribution in [0.3, 0.4) is 0 Å². The number of carbonyl (C=O) groups excluding carboxylic acids is 2. The second-order valence-corrected chi connectivity index (χ2v) is 6.22. The monoisotopic (exact) mass is 355 g/mol. The SMILES string of the molecule is CC[C@@H](C)c1ccccc1NC(=O)COC(=O)c1cc(C)ccc1OC. The van der Waals surface area contributed by atoms with Crippen LogP contribution < -0.4 is 10.1 Å². The molecule has 0 spiro atoms. The van der Waals surface area contributed by atoms with Crippen LogP contribution in [0.2, 0.25) is 0 Å². The van der Waals surface area contributed by atoms with Crippen molar-refractivity contribution >= 4 is 17.6 Å². The van der Waals surface area contributed by atoms with Gasteiger partial charge in [-0.2, -0.15) is 0 Å². The molecule has 1 N–H and O–H groups in total. The summed E-state index contributed by atoms with van der Waals surface area (Å²) in [4.78, 5) is 24.5. The van der Waals surface area contributed by atoms with Crippen LogP contribution in [0.4, 0.5) is 5.69 Å².